The van der Waals surface area contributed by atoms with E-state index in [9.17, 15) is 13.2 Å². The van der Waals surface area contributed by atoms with Crippen LogP contribution in [0.5, 0.6) is 0 Å². The molecule has 0 atom stereocenters. The molecule has 8 nitrogen and oxygen atoms in total. The van der Waals surface area contributed by atoms with E-state index in [0.717, 1.165) is 0 Å². The fraction of sp³-hybridized carbons (Fsp3) is 0.533. The summed E-state index contributed by atoms with van der Waals surface area (Å²) in [5, 5.41) is 2.63. The number of amides is 1. The predicted molar refractivity (Wildman–Crippen MR) is 90.3 cm³/mol. The van der Waals surface area contributed by atoms with E-state index in [1.54, 1.807) is 0 Å². The van der Waals surface area contributed by atoms with Gasteiger partial charge in [-0.05, 0) is 24.3 Å². The van der Waals surface area contributed by atoms with Gasteiger partial charge in [0.25, 0.3) is 5.91 Å². The number of rotatable bonds is 11. The molecule has 0 unspecified atom stereocenters. The molecule has 0 fully saturated rings. The molecule has 1 amide bonds. The third kappa shape index (κ3) is 5.84. The highest BCUT2D eigenvalue weighted by Gasteiger charge is 2.24. The summed E-state index contributed by atoms with van der Waals surface area (Å²) in [5.41, 5.74) is 5.71. The number of nitrogens with one attached hydrogen (secondary N) is 1. The zero-order valence-corrected chi connectivity index (χ0v) is 14.8. The zero-order valence-electron chi connectivity index (χ0n) is 14.0. The number of benzene rings is 1. The van der Waals surface area contributed by atoms with Gasteiger partial charge in [-0.2, -0.15) is 4.31 Å². The topological polar surface area (TPSA) is 111 Å². The van der Waals surface area contributed by atoms with Crippen molar-refractivity contribution < 1.29 is 22.7 Å². The highest BCUT2D eigenvalue weighted by molar-refractivity contribution is 7.89. The van der Waals surface area contributed by atoms with E-state index in [2.05, 4.69) is 5.32 Å². The van der Waals surface area contributed by atoms with Gasteiger partial charge in [0, 0.05) is 46.0 Å². The first-order chi connectivity index (χ1) is 11.5. The Morgan fingerprint density at radius 1 is 1.12 bits per heavy atom. The molecule has 136 valence electrons. The van der Waals surface area contributed by atoms with Crippen molar-refractivity contribution in [1.82, 2.24) is 9.62 Å². The van der Waals surface area contributed by atoms with Crippen molar-refractivity contribution in [3.05, 3.63) is 29.8 Å². The van der Waals surface area contributed by atoms with Crippen LogP contribution in [0, 0.1) is 0 Å². The number of carbonyl (C=O) groups excluding carboxylic acids is 1. The van der Waals surface area contributed by atoms with Gasteiger partial charge in [-0.15, -0.1) is 0 Å². The Labute approximate surface area is 143 Å². The summed E-state index contributed by atoms with van der Waals surface area (Å²) >= 11 is 0. The molecular weight excluding hydrogens is 334 g/mol. The molecule has 0 saturated heterocycles. The number of ether oxygens (including phenoxy) is 2. The molecule has 0 heterocycles. The molecule has 0 saturated carbocycles. The SMILES string of the molecule is COCCN(CCOC)S(=O)(=O)c1ccc(C(=O)NCCN)cc1. The number of carbonyl (C=O) groups is 1. The van der Waals surface area contributed by atoms with Crippen LogP contribution in [-0.2, 0) is 19.5 Å². The second kappa shape index (κ2) is 10.4. The van der Waals surface area contributed by atoms with E-state index >= 15 is 0 Å². The first-order valence-corrected chi connectivity index (χ1v) is 8.97. The van der Waals surface area contributed by atoms with E-state index in [0.29, 0.717) is 18.7 Å². The summed E-state index contributed by atoms with van der Waals surface area (Å²) in [6.45, 7) is 1.71. The van der Waals surface area contributed by atoms with Crippen molar-refractivity contribution in [2.45, 2.75) is 4.90 Å². The first-order valence-electron chi connectivity index (χ1n) is 7.53. The van der Waals surface area contributed by atoms with Crippen molar-refractivity contribution in [2.24, 2.45) is 5.73 Å². The molecule has 1 aromatic rings. The van der Waals surface area contributed by atoms with Crippen LogP contribution in [0.15, 0.2) is 29.2 Å². The summed E-state index contributed by atoms with van der Waals surface area (Å²) in [4.78, 5) is 11.9. The monoisotopic (exact) mass is 359 g/mol. The summed E-state index contributed by atoms with van der Waals surface area (Å²) in [5.74, 6) is -0.292. The number of hydrogen-bond donors (Lipinski definition) is 2. The molecule has 0 aromatic heterocycles. The maximum atomic E-state index is 12.7. The van der Waals surface area contributed by atoms with Crippen molar-refractivity contribution >= 4 is 15.9 Å². The van der Waals surface area contributed by atoms with Gasteiger partial charge < -0.3 is 20.5 Å². The fourth-order valence-corrected chi connectivity index (χ4v) is 3.36. The quantitative estimate of drug-likeness (QED) is 0.559. The lowest BCUT2D eigenvalue weighted by Crippen LogP contribution is -2.36. The Kier molecular flexibility index (Phi) is 8.87. The van der Waals surface area contributed by atoms with E-state index in [-0.39, 0.29) is 37.1 Å². The second-order valence-electron chi connectivity index (χ2n) is 4.96. The Morgan fingerprint density at radius 3 is 2.12 bits per heavy atom. The van der Waals surface area contributed by atoms with Gasteiger partial charge in [-0.25, -0.2) is 8.42 Å². The predicted octanol–water partition coefficient (Wildman–Crippen LogP) is -0.341. The van der Waals surface area contributed by atoms with Crippen LogP contribution in [0.4, 0.5) is 0 Å². The van der Waals surface area contributed by atoms with Crippen molar-refractivity contribution in [3.8, 4) is 0 Å². The minimum absolute atomic E-state index is 0.116. The largest absolute Gasteiger partial charge is 0.383 e. The third-order valence-corrected chi connectivity index (χ3v) is 5.19. The van der Waals surface area contributed by atoms with Gasteiger partial charge in [0.1, 0.15) is 0 Å². The third-order valence-electron chi connectivity index (χ3n) is 3.27. The van der Waals surface area contributed by atoms with Gasteiger partial charge >= 0.3 is 0 Å². The molecule has 0 radical (unpaired) electrons. The Balaban J connectivity index is 2.92. The molecule has 0 bridgehead atoms. The van der Waals surface area contributed by atoms with Crippen LogP contribution in [0.3, 0.4) is 0 Å². The minimum Gasteiger partial charge on any atom is -0.383 e. The van der Waals surface area contributed by atoms with Gasteiger partial charge in [0.2, 0.25) is 10.0 Å². The molecule has 0 aliphatic rings. The molecule has 1 rings (SSSR count). The van der Waals surface area contributed by atoms with E-state index in [4.69, 9.17) is 15.2 Å². The molecular formula is C15H25N3O5S. The summed E-state index contributed by atoms with van der Waals surface area (Å²) in [6, 6.07) is 5.78. The van der Waals surface area contributed by atoms with Gasteiger partial charge in [0.05, 0.1) is 18.1 Å². The summed E-state index contributed by atoms with van der Waals surface area (Å²) in [6.07, 6.45) is 0. The number of sulfonamides is 1. The Bertz CT molecular complexity index is 596. The highest BCUT2D eigenvalue weighted by Crippen LogP contribution is 2.16. The molecule has 1 aromatic carbocycles. The lowest BCUT2D eigenvalue weighted by molar-refractivity contribution is 0.0954. The van der Waals surface area contributed by atoms with Crippen molar-refractivity contribution in [1.29, 1.82) is 0 Å². The maximum absolute atomic E-state index is 12.7. The van der Waals surface area contributed by atoms with Gasteiger partial charge in [0.15, 0.2) is 0 Å². The van der Waals surface area contributed by atoms with E-state index in [1.165, 1.54) is 42.8 Å². The maximum Gasteiger partial charge on any atom is 0.251 e. The second-order valence-corrected chi connectivity index (χ2v) is 6.90. The average molecular weight is 359 g/mol. The smallest absolute Gasteiger partial charge is 0.251 e. The first kappa shape index (κ1) is 20.5. The van der Waals surface area contributed by atoms with Crippen LogP contribution in [0.25, 0.3) is 0 Å². The van der Waals surface area contributed by atoms with E-state index in [1.807, 2.05) is 0 Å². The molecule has 0 aliphatic heterocycles. The van der Waals surface area contributed by atoms with Gasteiger partial charge in [-0.3, -0.25) is 4.79 Å². The number of nitrogens with two attached hydrogens (primary N) is 1. The lowest BCUT2D eigenvalue weighted by Gasteiger charge is -2.21. The molecule has 9 heteroatoms. The van der Waals surface area contributed by atoms with Crippen molar-refractivity contribution in [2.75, 3.05) is 53.6 Å². The van der Waals surface area contributed by atoms with Crippen LogP contribution in [0.1, 0.15) is 10.4 Å². The number of hydrogen-bond acceptors (Lipinski definition) is 6. The standard InChI is InChI=1S/C15H25N3O5S/c1-22-11-9-18(10-12-23-2)24(20,21)14-5-3-13(4-6-14)15(19)17-8-7-16/h3-6H,7-12,16H2,1-2H3,(H,17,19). The average Bonchev–Trinajstić information content (AvgIpc) is 2.59. The Morgan fingerprint density at radius 2 is 1.67 bits per heavy atom. The molecule has 3 N–H and O–H groups in total. The van der Waals surface area contributed by atoms with Crippen LogP contribution >= 0.6 is 0 Å². The van der Waals surface area contributed by atoms with Crippen LogP contribution < -0.4 is 11.1 Å². The van der Waals surface area contributed by atoms with E-state index < -0.39 is 10.0 Å². The summed E-state index contributed by atoms with van der Waals surface area (Å²) < 4.78 is 36.6. The van der Waals surface area contributed by atoms with Crippen LogP contribution in [0.2, 0.25) is 0 Å². The molecule has 0 spiro atoms. The normalized spacial score (nSPS) is 11.7. The van der Waals surface area contributed by atoms with Crippen LogP contribution in [-0.4, -0.2) is 72.2 Å². The van der Waals surface area contributed by atoms with Gasteiger partial charge in [-0.1, -0.05) is 0 Å². The number of nitrogens with zero attached hydrogens (tertiary/aromatic N) is 1. The number of methoxy groups -OCH3 is 2. The molecule has 0 aliphatic carbocycles. The summed E-state index contributed by atoms with van der Waals surface area (Å²) in [7, 11) is -0.664. The fourth-order valence-electron chi connectivity index (χ4n) is 1.95. The highest BCUT2D eigenvalue weighted by atomic mass is 32.2. The van der Waals surface area contributed by atoms with Crippen molar-refractivity contribution in [3.63, 3.8) is 0 Å². The zero-order chi connectivity index (χ0) is 18.0. The Hall–Kier alpha value is -1.52. The minimum atomic E-state index is -3.68. The molecule has 24 heavy (non-hydrogen) atoms. The lowest BCUT2D eigenvalue weighted by atomic mass is 10.2.